The van der Waals surface area contributed by atoms with Crippen LogP contribution in [-0.2, 0) is 6.54 Å². The maximum absolute atomic E-state index is 3.56. The first kappa shape index (κ1) is 10.8. The maximum Gasteiger partial charge on any atom is 0.0346 e. The molecular formula is C13H14BrNS. The molecule has 0 N–H and O–H groups in total. The SMILES string of the molecule is Brc1ccc2scc(CN3CCCC3)c2c1. The molecule has 1 aliphatic rings. The molecule has 1 aromatic heterocycles. The number of thiophene rings is 1. The lowest BCUT2D eigenvalue weighted by Crippen LogP contribution is -2.17. The number of benzene rings is 1. The quantitative estimate of drug-likeness (QED) is 0.800. The van der Waals surface area contributed by atoms with Crippen LogP contribution in [0.2, 0.25) is 0 Å². The van der Waals surface area contributed by atoms with Gasteiger partial charge in [-0.25, -0.2) is 0 Å². The highest BCUT2D eigenvalue weighted by Gasteiger charge is 2.14. The number of nitrogens with zero attached hydrogens (tertiary/aromatic N) is 1. The molecule has 16 heavy (non-hydrogen) atoms. The van der Waals surface area contributed by atoms with Crippen LogP contribution >= 0.6 is 27.3 Å². The van der Waals surface area contributed by atoms with Crippen molar-refractivity contribution in [1.82, 2.24) is 4.90 Å². The third-order valence-corrected chi connectivity index (χ3v) is 4.71. The summed E-state index contributed by atoms with van der Waals surface area (Å²) in [6.45, 7) is 3.66. The second kappa shape index (κ2) is 4.47. The molecule has 0 bridgehead atoms. The lowest BCUT2D eigenvalue weighted by atomic mass is 10.2. The van der Waals surface area contributed by atoms with Gasteiger partial charge in [0, 0.05) is 15.7 Å². The fourth-order valence-corrected chi connectivity index (χ4v) is 3.65. The average molecular weight is 296 g/mol. The predicted octanol–water partition coefficient (Wildman–Crippen LogP) is 4.26. The van der Waals surface area contributed by atoms with E-state index in [2.05, 4.69) is 44.4 Å². The van der Waals surface area contributed by atoms with Gasteiger partial charge in [-0.15, -0.1) is 11.3 Å². The van der Waals surface area contributed by atoms with Crippen molar-refractivity contribution in [2.24, 2.45) is 0 Å². The second-order valence-corrected chi connectivity index (χ2v) is 6.21. The van der Waals surface area contributed by atoms with Crippen molar-refractivity contribution in [1.29, 1.82) is 0 Å². The van der Waals surface area contributed by atoms with E-state index in [9.17, 15) is 0 Å². The summed E-state index contributed by atoms with van der Waals surface area (Å²) in [4.78, 5) is 2.56. The number of likely N-dealkylation sites (tertiary alicyclic amines) is 1. The van der Waals surface area contributed by atoms with Gasteiger partial charge in [0.2, 0.25) is 0 Å². The smallest absolute Gasteiger partial charge is 0.0346 e. The first-order valence-electron chi connectivity index (χ1n) is 5.71. The summed E-state index contributed by atoms with van der Waals surface area (Å²) in [5.74, 6) is 0. The van der Waals surface area contributed by atoms with Gasteiger partial charge >= 0.3 is 0 Å². The van der Waals surface area contributed by atoms with E-state index in [1.54, 1.807) is 0 Å². The van der Waals surface area contributed by atoms with Crippen LogP contribution < -0.4 is 0 Å². The zero-order chi connectivity index (χ0) is 11.0. The Morgan fingerprint density at radius 3 is 2.88 bits per heavy atom. The summed E-state index contributed by atoms with van der Waals surface area (Å²) in [6.07, 6.45) is 2.73. The van der Waals surface area contributed by atoms with E-state index >= 15 is 0 Å². The summed E-state index contributed by atoms with van der Waals surface area (Å²) >= 11 is 5.41. The van der Waals surface area contributed by atoms with Crippen molar-refractivity contribution in [3.63, 3.8) is 0 Å². The Morgan fingerprint density at radius 2 is 2.06 bits per heavy atom. The average Bonchev–Trinajstić information content (AvgIpc) is 2.90. The fourth-order valence-electron chi connectivity index (χ4n) is 2.36. The number of hydrogen-bond acceptors (Lipinski definition) is 2. The van der Waals surface area contributed by atoms with E-state index in [1.165, 1.54) is 46.1 Å². The van der Waals surface area contributed by atoms with Crippen molar-refractivity contribution >= 4 is 37.4 Å². The molecule has 0 saturated carbocycles. The van der Waals surface area contributed by atoms with E-state index in [0.29, 0.717) is 0 Å². The highest BCUT2D eigenvalue weighted by Crippen LogP contribution is 2.30. The van der Waals surface area contributed by atoms with Crippen LogP contribution in [0.1, 0.15) is 18.4 Å². The lowest BCUT2D eigenvalue weighted by Gasteiger charge is -2.13. The van der Waals surface area contributed by atoms with Crippen molar-refractivity contribution in [2.45, 2.75) is 19.4 Å². The first-order valence-corrected chi connectivity index (χ1v) is 7.38. The molecule has 0 spiro atoms. The Labute approximate surface area is 108 Å². The number of fused-ring (bicyclic) bond motifs is 1. The van der Waals surface area contributed by atoms with E-state index in [4.69, 9.17) is 0 Å². The molecule has 2 heterocycles. The summed E-state index contributed by atoms with van der Waals surface area (Å²) < 4.78 is 2.58. The normalized spacial score (nSPS) is 17.3. The zero-order valence-electron chi connectivity index (χ0n) is 9.08. The van der Waals surface area contributed by atoms with Crippen molar-refractivity contribution in [2.75, 3.05) is 13.1 Å². The molecule has 0 atom stereocenters. The van der Waals surface area contributed by atoms with E-state index in [-0.39, 0.29) is 0 Å². The molecule has 1 nitrogen and oxygen atoms in total. The van der Waals surface area contributed by atoms with Crippen molar-refractivity contribution < 1.29 is 0 Å². The van der Waals surface area contributed by atoms with Crippen molar-refractivity contribution in [3.8, 4) is 0 Å². The molecule has 1 aliphatic heterocycles. The summed E-state index contributed by atoms with van der Waals surface area (Å²) in [6, 6.07) is 6.58. The van der Waals surface area contributed by atoms with E-state index in [1.807, 2.05) is 11.3 Å². The Bertz CT molecular complexity index is 500. The Kier molecular flexibility index (Phi) is 3.01. The third-order valence-electron chi connectivity index (χ3n) is 3.21. The van der Waals surface area contributed by atoms with Gasteiger partial charge in [0.15, 0.2) is 0 Å². The molecule has 2 aromatic rings. The molecule has 1 aromatic carbocycles. The van der Waals surface area contributed by atoms with Gasteiger partial charge in [0.25, 0.3) is 0 Å². The molecular weight excluding hydrogens is 282 g/mol. The van der Waals surface area contributed by atoms with Gasteiger partial charge in [-0.3, -0.25) is 4.90 Å². The fraction of sp³-hybridized carbons (Fsp3) is 0.385. The summed E-state index contributed by atoms with van der Waals surface area (Å²) in [5.41, 5.74) is 1.49. The van der Waals surface area contributed by atoms with Gasteiger partial charge < -0.3 is 0 Å². The standard InChI is InChI=1S/C13H14BrNS/c14-11-3-4-13-12(7-11)10(9-16-13)8-15-5-1-2-6-15/h3-4,7,9H,1-2,5-6,8H2. The second-order valence-electron chi connectivity index (χ2n) is 4.38. The van der Waals surface area contributed by atoms with Crippen LogP contribution in [0.4, 0.5) is 0 Å². The minimum atomic E-state index is 1.12. The molecule has 84 valence electrons. The number of hydrogen-bond donors (Lipinski definition) is 0. The molecule has 1 fully saturated rings. The topological polar surface area (TPSA) is 3.24 Å². The third kappa shape index (κ3) is 2.04. The molecule has 3 rings (SSSR count). The highest BCUT2D eigenvalue weighted by atomic mass is 79.9. The van der Waals surface area contributed by atoms with E-state index < -0.39 is 0 Å². The van der Waals surface area contributed by atoms with Gasteiger partial charge in [0.1, 0.15) is 0 Å². The van der Waals surface area contributed by atoms with Gasteiger partial charge in [0.05, 0.1) is 0 Å². The minimum Gasteiger partial charge on any atom is -0.299 e. The van der Waals surface area contributed by atoms with Crippen molar-refractivity contribution in [3.05, 3.63) is 33.6 Å². The largest absolute Gasteiger partial charge is 0.299 e. The molecule has 0 aliphatic carbocycles. The van der Waals surface area contributed by atoms with Crippen LogP contribution in [0.15, 0.2) is 28.1 Å². The van der Waals surface area contributed by atoms with Crippen LogP contribution in [-0.4, -0.2) is 18.0 Å². The van der Waals surface area contributed by atoms with Gasteiger partial charge in [-0.2, -0.15) is 0 Å². The molecule has 1 saturated heterocycles. The zero-order valence-corrected chi connectivity index (χ0v) is 11.5. The van der Waals surface area contributed by atoms with Crippen LogP contribution in [0.3, 0.4) is 0 Å². The summed E-state index contributed by atoms with van der Waals surface area (Å²) in [7, 11) is 0. The van der Waals surface area contributed by atoms with Gasteiger partial charge in [-0.05, 0) is 60.5 Å². The predicted molar refractivity (Wildman–Crippen MR) is 74.0 cm³/mol. The van der Waals surface area contributed by atoms with Crippen LogP contribution in [0, 0.1) is 0 Å². The van der Waals surface area contributed by atoms with Gasteiger partial charge in [-0.1, -0.05) is 15.9 Å². The molecule has 0 radical (unpaired) electrons. The first-order chi connectivity index (χ1) is 7.83. The van der Waals surface area contributed by atoms with Crippen LogP contribution in [0.25, 0.3) is 10.1 Å². The number of rotatable bonds is 2. The summed E-state index contributed by atoms with van der Waals surface area (Å²) in [5, 5.41) is 3.74. The monoisotopic (exact) mass is 295 g/mol. The number of halogens is 1. The maximum atomic E-state index is 3.56. The molecule has 0 unspecified atom stereocenters. The van der Waals surface area contributed by atoms with Crippen LogP contribution in [0.5, 0.6) is 0 Å². The Morgan fingerprint density at radius 1 is 1.25 bits per heavy atom. The minimum absolute atomic E-state index is 1.12. The Hall–Kier alpha value is -0.380. The molecule has 3 heteroatoms. The van der Waals surface area contributed by atoms with E-state index in [0.717, 1.165) is 6.54 Å². The lowest BCUT2D eigenvalue weighted by molar-refractivity contribution is 0.333. The molecule has 0 amide bonds. The highest BCUT2D eigenvalue weighted by molar-refractivity contribution is 9.10. The Balaban J connectivity index is 1.93.